The topological polar surface area (TPSA) is 12.0 Å². The fourth-order valence-electron chi connectivity index (χ4n) is 3.50. The first-order chi connectivity index (χ1) is 9.69. The molecule has 1 N–H and O–H groups in total. The van der Waals surface area contributed by atoms with Crippen molar-refractivity contribution in [3.8, 4) is 0 Å². The normalized spacial score (nSPS) is 24.6. The quantitative estimate of drug-likeness (QED) is 0.803. The number of rotatable bonds is 6. The minimum absolute atomic E-state index is 0.117. The molecule has 1 aliphatic carbocycles. The van der Waals surface area contributed by atoms with Gasteiger partial charge in [-0.25, -0.2) is 4.39 Å². The molecule has 1 fully saturated rings. The van der Waals surface area contributed by atoms with Crippen molar-refractivity contribution in [1.29, 1.82) is 0 Å². The molecule has 0 amide bonds. The molecule has 1 aromatic carbocycles. The minimum Gasteiger partial charge on any atom is -0.313 e. The van der Waals surface area contributed by atoms with Gasteiger partial charge >= 0.3 is 0 Å². The van der Waals surface area contributed by atoms with Crippen LogP contribution in [0.15, 0.2) is 24.3 Å². The molecule has 0 aliphatic heterocycles. The van der Waals surface area contributed by atoms with Gasteiger partial charge in [0.05, 0.1) is 0 Å². The van der Waals surface area contributed by atoms with Crippen LogP contribution in [0, 0.1) is 17.7 Å². The number of benzene rings is 1. The minimum atomic E-state index is -0.117. The maximum atomic E-state index is 13.4. The predicted molar refractivity (Wildman–Crippen MR) is 83.3 cm³/mol. The highest BCUT2D eigenvalue weighted by Crippen LogP contribution is 2.32. The van der Waals surface area contributed by atoms with Crippen molar-refractivity contribution in [1.82, 2.24) is 5.32 Å². The number of hydrogen-bond donors (Lipinski definition) is 1. The molecule has 0 bridgehead atoms. The van der Waals surface area contributed by atoms with Crippen molar-refractivity contribution >= 4 is 0 Å². The summed E-state index contributed by atoms with van der Waals surface area (Å²) >= 11 is 0. The van der Waals surface area contributed by atoms with Gasteiger partial charge in [0, 0.05) is 6.04 Å². The first-order valence-electron chi connectivity index (χ1n) is 8.17. The lowest BCUT2D eigenvalue weighted by molar-refractivity contribution is 0.221. The Bertz CT molecular complexity index is 404. The van der Waals surface area contributed by atoms with Crippen LogP contribution < -0.4 is 5.32 Å². The van der Waals surface area contributed by atoms with E-state index in [1.165, 1.54) is 31.7 Å². The van der Waals surface area contributed by atoms with E-state index < -0.39 is 0 Å². The van der Waals surface area contributed by atoms with E-state index in [9.17, 15) is 4.39 Å². The van der Waals surface area contributed by atoms with E-state index in [-0.39, 0.29) is 5.82 Å². The number of nitrogens with one attached hydrogen (secondary N) is 1. The van der Waals surface area contributed by atoms with Crippen molar-refractivity contribution in [2.45, 2.75) is 58.4 Å². The molecule has 1 nitrogen and oxygen atoms in total. The van der Waals surface area contributed by atoms with Crippen LogP contribution in [0.4, 0.5) is 4.39 Å². The molecule has 20 heavy (non-hydrogen) atoms. The summed E-state index contributed by atoms with van der Waals surface area (Å²) in [6.07, 6.45) is 7.46. The van der Waals surface area contributed by atoms with Gasteiger partial charge in [-0.2, -0.15) is 0 Å². The highest BCUT2D eigenvalue weighted by atomic mass is 19.1. The summed E-state index contributed by atoms with van der Waals surface area (Å²) in [5.74, 6) is 1.47. The van der Waals surface area contributed by atoms with Crippen LogP contribution in [-0.4, -0.2) is 12.6 Å². The van der Waals surface area contributed by atoms with E-state index >= 15 is 0 Å². The summed E-state index contributed by atoms with van der Waals surface area (Å²) < 4.78 is 13.4. The molecular formula is C18H28FN. The third kappa shape index (κ3) is 4.59. The van der Waals surface area contributed by atoms with E-state index in [1.807, 2.05) is 6.07 Å². The Kier molecular flexibility index (Phi) is 6.03. The molecule has 0 heterocycles. The van der Waals surface area contributed by atoms with Gasteiger partial charge in [0.2, 0.25) is 0 Å². The molecule has 0 aromatic heterocycles. The van der Waals surface area contributed by atoms with Gasteiger partial charge in [0.15, 0.2) is 0 Å². The van der Waals surface area contributed by atoms with E-state index in [0.717, 1.165) is 36.8 Å². The summed E-state index contributed by atoms with van der Waals surface area (Å²) in [4.78, 5) is 0. The van der Waals surface area contributed by atoms with Gasteiger partial charge in [0.25, 0.3) is 0 Å². The average molecular weight is 277 g/mol. The fraction of sp³-hybridized carbons (Fsp3) is 0.667. The second kappa shape index (κ2) is 7.78. The van der Waals surface area contributed by atoms with Crippen molar-refractivity contribution < 1.29 is 4.39 Å². The van der Waals surface area contributed by atoms with E-state index in [2.05, 4.69) is 25.2 Å². The maximum absolute atomic E-state index is 13.4. The van der Waals surface area contributed by atoms with Crippen molar-refractivity contribution in [3.05, 3.63) is 35.6 Å². The molecule has 2 heteroatoms. The maximum Gasteiger partial charge on any atom is 0.123 e. The van der Waals surface area contributed by atoms with Gasteiger partial charge in [-0.05, 0) is 61.8 Å². The highest BCUT2D eigenvalue weighted by molar-refractivity contribution is 5.17. The Morgan fingerprint density at radius 1 is 1.35 bits per heavy atom. The lowest BCUT2D eigenvalue weighted by atomic mass is 9.77. The summed E-state index contributed by atoms with van der Waals surface area (Å²) in [6, 6.07) is 7.59. The molecule has 112 valence electrons. The first-order valence-corrected chi connectivity index (χ1v) is 8.17. The van der Waals surface area contributed by atoms with Crippen LogP contribution >= 0.6 is 0 Å². The van der Waals surface area contributed by atoms with Gasteiger partial charge in [-0.3, -0.25) is 0 Å². The zero-order valence-electron chi connectivity index (χ0n) is 12.9. The van der Waals surface area contributed by atoms with Crippen molar-refractivity contribution in [3.63, 3.8) is 0 Å². The van der Waals surface area contributed by atoms with Crippen molar-refractivity contribution in [2.75, 3.05) is 6.54 Å². The zero-order chi connectivity index (χ0) is 14.4. The standard InChI is InChI=1S/C18H28FN/c1-3-10-20-18(16-8-4-6-14(2)11-16)13-15-7-5-9-17(19)12-15/h5,7,9,12,14,16,18,20H,3-4,6,8,10-11,13H2,1-2H3. The number of hydrogen-bond acceptors (Lipinski definition) is 1. The third-order valence-electron chi connectivity index (χ3n) is 4.55. The molecule has 3 atom stereocenters. The molecular weight excluding hydrogens is 249 g/mol. The fourth-order valence-corrected chi connectivity index (χ4v) is 3.50. The van der Waals surface area contributed by atoms with Gasteiger partial charge in [-0.15, -0.1) is 0 Å². The highest BCUT2D eigenvalue weighted by Gasteiger charge is 2.26. The molecule has 0 saturated heterocycles. The smallest absolute Gasteiger partial charge is 0.123 e. The first kappa shape index (κ1) is 15.5. The summed E-state index contributed by atoms with van der Waals surface area (Å²) in [7, 11) is 0. The molecule has 1 aromatic rings. The lowest BCUT2D eigenvalue weighted by Gasteiger charge is -2.34. The Labute approximate surface area is 123 Å². The Balaban J connectivity index is 2.02. The monoisotopic (exact) mass is 277 g/mol. The molecule has 0 radical (unpaired) electrons. The van der Waals surface area contributed by atoms with Crippen LogP contribution in [-0.2, 0) is 6.42 Å². The summed E-state index contributed by atoms with van der Waals surface area (Å²) in [6.45, 7) is 5.63. The van der Waals surface area contributed by atoms with Gasteiger partial charge < -0.3 is 5.32 Å². The molecule has 1 aliphatic rings. The second-order valence-electron chi connectivity index (χ2n) is 6.43. The Morgan fingerprint density at radius 3 is 2.90 bits per heavy atom. The Hall–Kier alpha value is -0.890. The molecule has 3 unspecified atom stereocenters. The molecule has 2 rings (SSSR count). The number of halogens is 1. The van der Waals surface area contributed by atoms with E-state index in [4.69, 9.17) is 0 Å². The third-order valence-corrected chi connectivity index (χ3v) is 4.55. The van der Waals surface area contributed by atoms with E-state index in [0.29, 0.717) is 6.04 Å². The zero-order valence-corrected chi connectivity index (χ0v) is 12.9. The predicted octanol–water partition coefficient (Wildman–Crippen LogP) is 4.56. The van der Waals surface area contributed by atoms with Gasteiger partial charge in [-0.1, -0.05) is 38.8 Å². The van der Waals surface area contributed by atoms with Crippen molar-refractivity contribution in [2.24, 2.45) is 11.8 Å². The van der Waals surface area contributed by atoms with E-state index in [1.54, 1.807) is 6.07 Å². The van der Waals surface area contributed by atoms with Crippen LogP contribution in [0.5, 0.6) is 0 Å². The molecule has 0 spiro atoms. The summed E-state index contributed by atoms with van der Waals surface area (Å²) in [5, 5.41) is 3.71. The van der Waals surface area contributed by atoms with Crippen LogP contribution in [0.25, 0.3) is 0 Å². The Morgan fingerprint density at radius 2 is 2.20 bits per heavy atom. The largest absolute Gasteiger partial charge is 0.313 e. The van der Waals surface area contributed by atoms with Crippen LogP contribution in [0.1, 0.15) is 51.5 Å². The molecule has 1 saturated carbocycles. The average Bonchev–Trinajstić information content (AvgIpc) is 2.43. The lowest BCUT2D eigenvalue weighted by Crippen LogP contribution is -2.40. The SMILES string of the molecule is CCCNC(Cc1cccc(F)c1)C1CCCC(C)C1. The second-order valence-corrected chi connectivity index (χ2v) is 6.43. The van der Waals surface area contributed by atoms with Crippen LogP contribution in [0.2, 0.25) is 0 Å². The van der Waals surface area contributed by atoms with Crippen LogP contribution in [0.3, 0.4) is 0 Å². The van der Waals surface area contributed by atoms with Gasteiger partial charge in [0.1, 0.15) is 5.82 Å². The summed E-state index contributed by atoms with van der Waals surface area (Å²) in [5.41, 5.74) is 1.12.